The fraction of sp³-hybridized carbons (Fsp3) is 0.375. The lowest BCUT2D eigenvalue weighted by Gasteiger charge is -2.38. The predicted molar refractivity (Wildman–Crippen MR) is 120 cm³/mol. The zero-order valence-electron chi connectivity index (χ0n) is 18.7. The lowest BCUT2D eigenvalue weighted by atomic mass is 9.76. The second-order valence-corrected chi connectivity index (χ2v) is 8.28. The molecule has 0 aliphatic heterocycles. The summed E-state index contributed by atoms with van der Waals surface area (Å²) in [4.78, 5) is 25.1. The number of carbonyl (C=O) groups excluding carboxylic acids is 2. The Labute approximate surface area is 192 Å². The number of para-hydroxylation sites is 1. The highest BCUT2D eigenvalue weighted by Crippen LogP contribution is 2.39. The molecule has 172 valence electrons. The van der Waals surface area contributed by atoms with E-state index < -0.39 is 17.6 Å². The summed E-state index contributed by atoms with van der Waals surface area (Å²) in [6.45, 7) is 4.24. The monoisotopic (exact) mass is 449 g/mol. The van der Waals surface area contributed by atoms with E-state index in [1.807, 2.05) is 12.1 Å². The smallest absolute Gasteiger partial charge is 0.413 e. The maximum absolute atomic E-state index is 12.9. The number of rotatable bonds is 6. The predicted octanol–water partition coefficient (Wildman–Crippen LogP) is 4.03. The Kier molecular flexibility index (Phi) is 6.67. The van der Waals surface area contributed by atoms with Crippen LogP contribution in [0.2, 0.25) is 0 Å². The highest BCUT2D eigenvalue weighted by molar-refractivity contribution is 5.90. The summed E-state index contributed by atoms with van der Waals surface area (Å²) in [6, 6.07) is 15.8. The number of nitrogens with zero attached hydrogens (tertiary/aromatic N) is 4. The van der Waals surface area contributed by atoms with Gasteiger partial charge in [0.2, 0.25) is 0 Å². The van der Waals surface area contributed by atoms with Crippen LogP contribution in [0.15, 0.2) is 54.6 Å². The molecule has 0 atom stereocenters. The van der Waals surface area contributed by atoms with E-state index >= 15 is 0 Å². The molecule has 1 fully saturated rings. The minimum atomic E-state index is -0.804. The number of ether oxygens (including phenoxy) is 2. The van der Waals surface area contributed by atoms with E-state index in [0.29, 0.717) is 41.6 Å². The van der Waals surface area contributed by atoms with E-state index in [1.165, 1.54) is 0 Å². The summed E-state index contributed by atoms with van der Waals surface area (Å²) in [5.74, 6) is 1.07. The fourth-order valence-electron chi connectivity index (χ4n) is 4.11. The Morgan fingerprint density at radius 1 is 1.12 bits per heavy atom. The summed E-state index contributed by atoms with van der Waals surface area (Å²) >= 11 is 0. The standard InChI is InChI=1S/C24H27N5O4/c1-3-32-21(30)18-8-7-9-19(16-18)29-22(26-27-28-29)24(14-12-17(2)13-15-24)25-23(31)33-20-10-5-4-6-11-20/h4-11,16-17H,3,12-15H2,1-2H3,(H,25,31). The van der Waals surface area contributed by atoms with Crippen molar-refractivity contribution in [3.8, 4) is 11.4 Å². The van der Waals surface area contributed by atoms with Gasteiger partial charge in [-0.3, -0.25) is 0 Å². The number of amides is 1. The van der Waals surface area contributed by atoms with Crippen LogP contribution in [0.25, 0.3) is 5.69 Å². The number of aromatic nitrogens is 4. The quantitative estimate of drug-likeness (QED) is 0.566. The van der Waals surface area contributed by atoms with Crippen LogP contribution >= 0.6 is 0 Å². The zero-order chi connectivity index (χ0) is 23.3. The minimum Gasteiger partial charge on any atom is -0.462 e. The molecule has 9 nitrogen and oxygen atoms in total. The van der Waals surface area contributed by atoms with Gasteiger partial charge in [-0.1, -0.05) is 31.2 Å². The molecule has 4 rings (SSSR count). The molecule has 1 saturated carbocycles. The van der Waals surface area contributed by atoms with E-state index in [-0.39, 0.29) is 6.61 Å². The zero-order valence-corrected chi connectivity index (χ0v) is 18.7. The van der Waals surface area contributed by atoms with E-state index in [4.69, 9.17) is 9.47 Å². The van der Waals surface area contributed by atoms with Crippen LogP contribution in [-0.2, 0) is 10.3 Å². The van der Waals surface area contributed by atoms with Crippen molar-refractivity contribution in [3.05, 3.63) is 66.0 Å². The topological polar surface area (TPSA) is 108 Å². The third-order valence-corrected chi connectivity index (χ3v) is 5.92. The molecule has 0 radical (unpaired) electrons. The van der Waals surface area contributed by atoms with Crippen LogP contribution in [0.4, 0.5) is 4.79 Å². The first-order valence-corrected chi connectivity index (χ1v) is 11.1. The third-order valence-electron chi connectivity index (χ3n) is 5.92. The van der Waals surface area contributed by atoms with Gasteiger partial charge in [-0.2, -0.15) is 4.68 Å². The second kappa shape index (κ2) is 9.81. The Morgan fingerprint density at radius 2 is 1.88 bits per heavy atom. The van der Waals surface area contributed by atoms with Crippen molar-refractivity contribution in [1.82, 2.24) is 25.5 Å². The molecular weight excluding hydrogens is 422 g/mol. The minimum absolute atomic E-state index is 0.286. The molecule has 1 amide bonds. The number of carbonyl (C=O) groups is 2. The normalized spacial score (nSPS) is 20.1. The first-order chi connectivity index (χ1) is 16.0. The molecule has 3 aromatic rings. The van der Waals surface area contributed by atoms with Gasteiger partial charge < -0.3 is 14.8 Å². The second-order valence-electron chi connectivity index (χ2n) is 8.28. The average molecular weight is 450 g/mol. The van der Waals surface area contributed by atoms with Crippen molar-refractivity contribution in [2.75, 3.05) is 6.61 Å². The van der Waals surface area contributed by atoms with Crippen LogP contribution in [0.1, 0.15) is 55.7 Å². The molecule has 1 aromatic heterocycles. The Bertz CT molecular complexity index is 1110. The van der Waals surface area contributed by atoms with Gasteiger partial charge in [0.1, 0.15) is 11.3 Å². The molecule has 1 aliphatic rings. The van der Waals surface area contributed by atoms with Gasteiger partial charge in [0, 0.05) is 0 Å². The van der Waals surface area contributed by atoms with E-state index in [2.05, 4.69) is 27.8 Å². The van der Waals surface area contributed by atoms with Crippen LogP contribution < -0.4 is 10.1 Å². The van der Waals surface area contributed by atoms with Crippen molar-refractivity contribution in [2.45, 2.75) is 45.1 Å². The largest absolute Gasteiger partial charge is 0.462 e. The van der Waals surface area contributed by atoms with Crippen LogP contribution in [0, 0.1) is 5.92 Å². The molecule has 0 saturated heterocycles. The SMILES string of the molecule is CCOC(=O)c1cccc(-n2nnnc2C2(NC(=O)Oc3ccccc3)CCC(C)CC2)c1. The molecule has 2 aromatic carbocycles. The van der Waals surface area contributed by atoms with Gasteiger partial charge in [-0.15, -0.1) is 5.10 Å². The first-order valence-electron chi connectivity index (χ1n) is 11.1. The number of tetrazole rings is 1. The maximum Gasteiger partial charge on any atom is 0.413 e. The van der Waals surface area contributed by atoms with Gasteiger partial charge in [0.15, 0.2) is 5.82 Å². The number of esters is 1. The van der Waals surface area contributed by atoms with Gasteiger partial charge in [0.05, 0.1) is 17.9 Å². The Hall–Kier alpha value is -3.75. The Balaban J connectivity index is 1.66. The number of nitrogens with one attached hydrogen (secondary N) is 1. The van der Waals surface area contributed by atoms with Crippen molar-refractivity contribution in [3.63, 3.8) is 0 Å². The van der Waals surface area contributed by atoms with Gasteiger partial charge in [-0.05, 0) is 79.3 Å². The van der Waals surface area contributed by atoms with Crippen LogP contribution in [0.3, 0.4) is 0 Å². The van der Waals surface area contributed by atoms with Crippen LogP contribution in [0.5, 0.6) is 5.75 Å². The van der Waals surface area contributed by atoms with E-state index in [9.17, 15) is 9.59 Å². The average Bonchev–Trinajstić information content (AvgIpc) is 3.32. The lowest BCUT2D eigenvalue weighted by Crippen LogP contribution is -2.50. The molecule has 33 heavy (non-hydrogen) atoms. The van der Waals surface area contributed by atoms with Crippen molar-refractivity contribution < 1.29 is 19.1 Å². The molecule has 0 bridgehead atoms. The third kappa shape index (κ3) is 5.02. The number of hydrogen-bond donors (Lipinski definition) is 1. The molecule has 0 unspecified atom stereocenters. The molecule has 1 heterocycles. The fourth-order valence-corrected chi connectivity index (χ4v) is 4.11. The van der Waals surface area contributed by atoms with Gasteiger partial charge >= 0.3 is 12.1 Å². The number of benzene rings is 2. The molecular formula is C24H27N5O4. The van der Waals surface area contributed by atoms with E-state index in [0.717, 1.165) is 12.8 Å². The maximum atomic E-state index is 12.9. The first kappa shape index (κ1) is 22.4. The lowest BCUT2D eigenvalue weighted by molar-refractivity contribution is 0.0526. The van der Waals surface area contributed by atoms with Gasteiger partial charge in [0.25, 0.3) is 0 Å². The summed E-state index contributed by atoms with van der Waals surface area (Å²) < 4.78 is 12.2. The van der Waals surface area contributed by atoms with Crippen molar-refractivity contribution in [1.29, 1.82) is 0 Å². The van der Waals surface area contributed by atoms with Crippen molar-refractivity contribution in [2.24, 2.45) is 5.92 Å². The molecule has 1 N–H and O–H groups in total. The number of hydrogen-bond acceptors (Lipinski definition) is 7. The van der Waals surface area contributed by atoms with Crippen molar-refractivity contribution >= 4 is 12.1 Å². The van der Waals surface area contributed by atoms with Crippen LogP contribution in [-0.4, -0.2) is 38.9 Å². The summed E-state index contributed by atoms with van der Waals surface area (Å²) in [6.07, 6.45) is 2.57. The molecule has 9 heteroatoms. The summed E-state index contributed by atoms with van der Waals surface area (Å²) in [5, 5.41) is 15.4. The highest BCUT2D eigenvalue weighted by Gasteiger charge is 2.42. The molecule has 0 spiro atoms. The summed E-state index contributed by atoms with van der Waals surface area (Å²) in [5.41, 5.74) is 0.206. The van der Waals surface area contributed by atoms with Gasteiger partial charge in [-0.25, -0.2) is 9.59 Å². The van der Waals surface area contributed by atoms with E-state index in [1.54, 1.807) is 54.1 Å². The highest BCUT2D eigenvalue weighted by atomic mass is 16.6. The Morgan fingerprint density at radius 3 is 2.61 bits per heavy atom. The summed E-state index contributed by atoms with van der Waals surface area (Å²) in [7, 11) is 0. The molecule has 1 aliphatic carbocycles.